The summed E-state index contributed by atoms with van der Waals surface area (Å²) in [5.74, 6) is 0. The fourth-order valence-corrected chi connectivity index (χ4v) is 3.66. The minimum Gasteiger partial charge on any atom is -0.483 e. The molecule has 0 amide bonds. The van der Waals surface area contributed by atoms with Crippen molar-refractivity contribution in [1.82, 2.24) is 0 Å². The third kappa shape index (κ3) is 8.02. The second-order valence-electron chi connectivity index (χ2n) is 9.50. The lowest BCUT2D eigenvalue weighted by atomic mass is 9.75. The number of aliphatic hydroxyl groups is 1. The van der Waals surface area contributed by atoms with Gasteiger partial charge in [0.25, 0.3) is 6.47 Å². The van der Waals surface area contributed by atoms with Crippen LogP contribution in [0.25, 0.3) is 16.3 Å². The average Bonchev–Trinajstić information content (AvgIpc) is 2.60. The maximum absolute atomic E-state index is 8.52. The molecule has 2 N–H and O–H groups in total. The molecule has 3 nitrogen and oxygen atoms in total. The van der Waals surface area contributed by atoms with Crippen LogP contribution in [0.5, 0.6) is 0 Å². The molecule has 0 spiro atoms. The van der Waals surface area contributed by atoms with Crippen molar-refractivity contribution >= 4 is 22.8 Å². The first-order valence-corrected chi connectivity index (χ1v) is 10.4. The van der Waals surface area contributed by atoms with Crippen LogP contribution < -0.4 is 0 Å². The number of fused-ring (bicyclic) bond motifs is 1. The van der Waals surface area contributed by atoms with Crippen molar-refractivity contribution in [2.45, 2.75) is 79.8 Å². The van der Waals surface area contributed by atoms with E-state index in [1.54, 1.807) is 31.9 Å². The van der Waals surface area contributed by atoms with E-state index in [2.05, 4.69) is 64.1 Å². The minimum atomic E-state index is -0.500. The summed E-state index contributed by atoms with van der Waals surface area (Å²) >= 11 is 0. The molecule has 1 aliphatic rings. The van der Waals surface area contributed by atoms with Gasteiger partial charge in [0.2, 0.25) is 0 Å². The van der Waals surface area contributed by atoms with E-state index in [4.69, 9.17) is 15.0 Å². The second-order valence-corrected chi connectivity index (χ2v) is 9.50. The van der Waals surface area contributed by atoms with Gasteiger partial charge in [-0.05, 0) is 91.8 Å². The fraction of sp³-hybridized carbons (Fsp3) is 0.500. The van der Waals surface area contributed by atoms with Gasteiger partial charge in [-0.15, -0.1) is 0 Å². The largest absolute Gasteiger partial charge is 0.483 e. The molecule has 160 valence electrons. The van der Waals surface area contributed by atoms with Gasteiger partial charge < -0.3 is 10.2 Å². The van der Waals surface area contributed by atoms with Gasteiger partial charge in [-0.2, -0.15) is 0 Å². The van der Waals surface area contributed by atoms with Gasteiger partial charge in [-0.25, -0.2) is 0 Å². The maximum atomic E-state index is 8.52. The normalized spacial score (nSPS) is 15.4. The molecule has 0 unspecified atom stereocenters. The Morgan fingerprint density at radius 2 is 1.72 bits per heavy atom. The highest BCUT2D eigenvalue weighted by Gasteiger charge is 2.24. The van der Waals surface area contributed by atoms with Gasteiger partial charge >= 0.3 is 0 Å². The van der Waals surface area contributed by atoms with E-state index in [9.17, 15) is 0 Å². The van der Waals surface area contributed by atoms with Crippen LogP contribution in [-0.4, -0.2) is 22.3 Å². The Balaban J connectivity index is 0.000000452. The quantitative estimate of drug-likeness (QED) is 0.548. The zero-order chi connectivity index (χ0) is 22.2. The number of benzene rings is 2. The molecular formula is C26H38O3. The van der Waals surface area contributed by atoms with Gasteiger partial charge in [0.15, 0.2) is 0 Å². The van der Waals surface area contributed by atoms with Gasteiger partial charge in [-0.3, -0.25) is 4.79 Å². The van der Waals surface area contributed by atoms with Gasteiger partial charge in [0.05, 0.1) is 5.60 Å². The highest BCUT2D eigenvalue weighted by molar-refractivity contribution is 5.96. The van der Waals surface area contributed by atoms with Crippen LogP contribution in [0.4, 0.5) is 0 Å². The molecular weight excluding hydrogens is 360 g/mol. The summed E-state index contributed by atoms with van der Waals surface area (Å²) in [5, 5.41) is 18.2. The minimum absolute atomic E-state index is 0.250. The molecule has 0 saturated heterocycles. The van der Waals surface area contributed by atoms with Crippen LogP contribution >= 0.6 is 0 Å². The van der Waals surface area contributed by atoms with Crippen LogP contribution in [0.2, 0.25) is 0 Å². The number of rotatable bonds is 2. The number of allylic oxidation sites excluding steroid dienone is 2. The van der Waals surface area contributed by atoms with Crippen molar-refractivity contribution in [3.8, 4) is 0 Å². The number of carboxylic acid groups (broad SMARTS) is 1. The van der Waals surface area contributed by atoms with Crippen molar-refractivity contribution in [1.29, 1.82) is 0 Å². The summed E-state index contributed by atoms with van der Waals surface area (Å²) in [6.45, 7) is 14.3. The number of carbonyl (C=O) groups is 1. The third-order valence-electron chi connectivity index (χ3n) is 5.03. The van der Waals surface area contributed by atoms with Crippen molar-refractivity contribution in [2.24, 2.45) is 5.41 Å². The Hall–Kier alpha value is -2.13. The monoisotopic (exact) mass is 398 g/mol. The topological polar surface area (TPSA) is 57.5 Å². The fourth-order valence-electron chi connectivity index (χ4n) is 3.66. The first-order chi connectivity index (χ1) is 13.4. The molecule has 0 atom stereocenters. The van der Waals surface area contributed by atoms with Crippen LogP contribution in [0.15, 0.2) is 36.4 Å². The molecule has 0 fully saturated rings. The van der Waals surface area contributed by atoms with Crippen molar-refractivity contribution in [3.63, 3.8) is 0 Å². The third-order valence-corrected chi connectivity index (χ3v) is 5.03. The summed E-state index contributed by atoms with van der Waals surface area (Å²) in [7, 11) is 0. The summed E-state index contributed by atoms with van der Waals surface area (Å²) < 4.78 is 0. The summed E-state index contributed by atoms with van der Waals surface area (Å²) in [6.07, 6.45) is 7.34. The molecule has 0 aliphatic heterocycles. The Morgan fingerprint density at radius 3 is 2.21 bits per heavy atom. The van der Waals surface area contributed by atoms with Crippen LogP contribution in [-0.2, 0) is 11.2 Å². The lowest BCUT2D eigenvalue weighted by molar-refractivity contribution is -0.122. The van der Waals surface area contributed by atoms with Gasteiger partial charge in [-0.1, -0.05) is 57.2 Å². The molecule has 3 heteroatoms. The van der Waals surface area contributed by atoms with Crippen molar-refractivity contribution < 1.29 is 15.0 Å². The molecule has 29 heavy (non-hydrogen) atoms. The van der Waals surface area contributed by atoms with E-state index in [0.717, 1.165) is 6.42 Å². The molecule has 0 saturated carbocycles. The van der Waals surface area contributed by atoms with E-state index in [0.29, 0.717) is 5.41 Å². The predicted molar refractivity (Wildman–Crippen MR) is 124 cm³/mol. The Labute approximate surface area is 176 Å². The van der Waals surface area contributed by atoms with Crippen molar-refractivity contribution in [3.05, 3.63) is 53.1 Å². The summed E-state index contributed by atoms with van der Waals surface area (Å²) in [5.41, 5.74) is 6.06. The number of hydrogen-bond acceptors (Lipinski definition) is 2. The molecule has 0 radical (unpaired) electrons. The van der Waals surface area contributed by atoms with Gasteiger partial charge in [0.1, 0.15) is 0 Å². The number of hydrogen-bond donors (Lipinski definition) is 2. The first kappa shape index (κ1) is 24.9. The lowest BCUT2D eigenvalue weighted by Crippen LogP contribution is -2.14. The Morgan fingerprint density at radius 1 is 1.17 bits per heavy atom. The predicted octanol–water partition coefficient (Wildman–Crippen LogP) is 6.78. The highest BCUT2D eigenvalue weighted by Crippen LogP contribution is 2.41. The van der Waals surface area contributed by atoms with E-state index in [1.807, 2.05) is 0 Å². The van der Waals surface area contributed by atoms with E-state index in [1.165, 1.54) is 41.2 Å². The molecule has 0 bridgehead atoms. The van der Waals surface area contributed by atoms with Gasteiger partial charge in [0, 0.05) is 0 Å². The van der Waals surface area contributed by atoms with E-state index >= 15 is 0 Å². The highest BCUT2D eigenvalue weighted by atomic mass is 16.3. The van der Waals surface area contributed by atoms with Crippen molar-refractivity contribution in [2.75, 3.05) is 0 Å². The molecule has 3 rings (SSSR count). The SMILES string of the molecule is CC(C)(C)O.CCc1c(C)cc2ccccc2c1C1=CCC(C)(C)CC1.O=CO. The van der Waals surface area contributed by atoms with E-state index < -0.39 is 5.60 Å². The average molecular weight is 399 g/mol. The molecule has 0 heterocycles. The summed E-state index contributed by atoms with van der Waals surface area (Å²) in [4.78, 5) is 8.36. The zero-order valence-electron chi connectivity index (χ0n) is 19.2. The van der Waals surface area contributed by atoms with Crippen LogP contribution in [0, 0.1) is 12.3 Å². The molecule has 2 aromatic carbocycles. The molecule has 0 aromatic heterocycles. The lowest BCUT2D eigenvalue weighted by Gasteiger charge is -2.30. The Kier molecular flexibility index (Phi) is 9.10. The van der Waals surface area contributed by atoms with E-state index in [-0.39, 0.29) is 6.47 Å². The second kappa shape index (κ2) is 10.6. The Bertz CT molecular complexity index is 833. The molecule has 2 aromatic rings. The number of aryl methyl sites for hydroxylation is 1. The molecule has 1 aliphatic carbocycles. The zero-order valence-corrected chi connectivity index (χ0v) is 19.2. The standard InChI is InChI=1S/C21H26.C4H10O.CH2O2/c1-5-18-15(2)14-17-8-6-7-9-19(17)20(18)16-10-12-21(3,4)13-11-16;1-4(2,3)5;2-1-3/h6-10,14H,5,11-13H2,1-4H3;5H,1-3H3;1H,(H,2,3). The smallest absolute Gasteiger partial charge is 0.290 e. The maximum Gasteiger partial charge on any atom is 0.290 e. The first-order valence-electron chi connectivity index (χ1n) is 10.4. The summed E-state index contributed by atoms with van der Waals surface area (Å²) in [6, 6.07) is 11.2. The van der Waals surface area contributed by atoms with Crippen LogP contribution in [0.3, 0.4) is 0 Å². The van der Waals surface area contributed by atoms with Crippen LogP contribution in [0.1, 0.15) is 77.5 Å².